The molecule has 2 unspecified atom stereocenters. The lowest BCUT2D eigenvalue weighted by atomic mass is 9.82. The van der Waals surface area contributed by atoms with E-state index in [2.05, 4.69) is 52.0 Å². The highest BCUT2D eigenvalue weighted by Crippen LogP contribution is 2.25. The monoisotopic (exact) mass is 249 g/mol. The SMILES string of the molecule is CCc1ccc(CC(N)C(OC)C(C)(C)C)cc1. The van der Waals surface area contributed by atoms with Gasteiger partial charge in [-0.15, -0.1) is 0 Å². The number of benzene rings is 1. The number of methoxy groups -OCH3 is 1. The molecule has 1 aromatic carbocycles. The van der Waals surface area contributed by atoms with Gasteiger partial charge in [0, 0.05) is 13.2 Å². The summed E-state index contributed by atoms with van der Waals surface area (Å²) in [5, 5.41) is 0. The summed E-state index contributed by atoms with van der Waals surface area (Å²) in [5.41, 5.74) is 9.01. The van der Waals surface area contributed by atoms with E-state index >= 15 is 0 Å². The van der Waals surface area contributed by atoms with E-state index in [1.165, 1.54) is 11.1 Å². The Morgan fingerprint density at radius 3 is 2.00 bits per heavy atom. The molecule has 102 valence electrons. The average Bonchev–Trinajstić information content (AvgIpc) is 2.29. The first kappa shape index (κ1) is 15.2. The fraction of sp³-hybridized carbons (Fsp3) is 0.625. The topological polar surface area (TPSA) is 35.2 Å². The van der Waals surface area contributed by atoms with E-state index in [0.29, 0.717) is 0 Å². The summed E-state index contributed by atoms with van der Waals surface area (Å²) in [5.74, 6) is 0. The quantitative estimate of drug-likeness (QED) is 0.870. The van der Waals surface area contributed by atoms with Crippen molar-refractivity contribution in [2.75, 3.05) is 7.11 Å². The summed E-state index contributed by atoms with van der Waals surface area (Å²) in [4.78, 5) is 0. The standard InChI is InChI=1S/C16H27NO/c1-6-12-7-9-13(10-8-12)11-14(17)15(18-5)16(2,3)4/h7-10,14-15H,6,11,17H2,1-5H3. The lowest BCUT2D eigenvalue weighted by Crippen LogP contribution is -2.46. The van der Waals surface area contributed by atoms with E-state index in [1.54, 1.807) is 7.11 Å². The summed E-state index contributed by atoms with van der Waals surface area (Å²) < 4.78 is 5.57. The molecule has 0 fully saturated rings. The second-order valence-electron chi connectivity index (χ2n) is 6.06. The van der Waals surface area contributed by atoms with Crippen molar-refractivity contribution in [3.63, 3.8) is 0 Å². The summed E-state index contributed by atoms with van der Waals surface area (Å²) in [6.45, 7) is 8.67. The highest BCUT2D eigenvalue weighted by Gasteiger charge is 2.30. The van der Waals surface area contributed by atoms with Gasteiger partial charge in [-0.2, -0.15) is 0 Å². The van der Waals surface area contributed by atoms with Crippen LogP contribution in [0.2, 0.25) is 0 Å². The van der Waals surface area contributed by atoms with Crippen molar-refractivity contribution in [2.24, 2.45) is 11.1 Å². The van der Waals surface area contributed by atoms with Gasteiger partial charge in [-0.3, -0.25) is 0 Å². The van der Waals surface area contributed by atoms with Crippen LogP contribution in [0, 0.1) is 5.41 Å². The van der Waals surface area contributed by atoms with Gasteiger partial charge < -0.3 is 10.5 Å². The van der Waals surface area contributed by atoms with E-state index < -0.39 is 0 Å². The fourth-order valence-corrected chi connectivity index (χ4v) is 2.46. The Labute approximate surface area is 112 Å². The minimum atomic E-state index is 0.0301. The van der Waals surface area contributed by atoms with Crippen molar-refractivity contribution < 1.29 is 4.74 Å². The van der Waals surface area contributed by atoms with Crippen LogP contribution < -0.4 is 5.73 Å². The molecular weight excluding hydrogens is 222 g/mol. The Balaban J connectivity index is 2.70. The Hall–Kier alpha value is -0.860. The molecule has 0 heterocycles. The smallest absolute Gasteiger partial charge is 0.0773 e. The Morgan fingerprint density at radius 1 is 1.11 bits per heavy atom. The van der Waals surface area contributed by atoms with Crippen LogP contribution in [0.4, 0.5) is 0 Å². The average molecular weight is 249 g/mol. The van der Waals surface area contributed by atoms with E-state index in [0.717, 1.165) is 12.8 Å². The number of hydrogen-bond donors (Lipinski definition) is 1. The zero-order valence-corrected chi connectivity index (χ0v) is 12.4. The van der Waals surface area contributed by atoms with Crippen molar-refractivity contribution in [2.45, 2.75) is 52.7 Å². The van der Waals surface area contributed by atoms with Crippen LogP contribution in [0.5, 0.6) is 0 Å². The van der Waals surface area contributed by atoms with E-state index in [1.807, 2.05) is 0 Å². The maximum Gasteiger partial charge on any atom is 0.0773 e. The number of hydrogen-bond acceptors (Lipinski definition) is 2. The second-order valence-corrected chi connectivity index (χ2v) is 6.06. The summed E-state index contributed by atoms with van der Waals surface area (Å²) in [6, 6.07) is 8.74. The van der Waals surface area contributed by atoms with Gasteiger partial charge in [0.2, 0.25) is 0 Å². The maximum absolute atomic E-state index is 6.29. The van der Waals surface area contributed by atoms with Gasteiger partial charge in [0.05, 0.1) is 6.10 Å². The highest BCUT2D eigenvalue weighted by atomic mass is 16.5. The Bertz CT molecular complexity index is 350. The van der Waals surface area contributed by atoms with Gasteiger partial charge in [0.1, 0.15) is 0 Å². The van der Waals surface area contributed by atoms with Gasteiger partial charge in [0.25, 0.3) is 0 Å². The summed E-state index contributed by atoms with van der Waals surface area (Å²) in [6.07, 6.45) is 2.01. The Kier molecular flexibility index (Phi) is 5.36. The molecule has 2 N–H and O–H groups in total. The number of nitrogens with two attached hydrogens (primary N) is 1. The maximum atomic E-state index is 6.29. The summed E-state index contributed by atoms with van der Waals surface area (Å²) in [7, 11) is 1.75. The largest absolute Gasteiger partial charge is 0.379 e. The third-order valence-electron chi connectivity index (χ3n) is 3.40. The van der Waals surface area contributed by atoms with Crippen LogP contribution in [0.1, 0.15) is 38.8 Å². The third kappa shape index (κ3) is 4.11. The van der Waals surface area contributed by atoms with E-state index in [9.17, 15) is 0 Å². The second kappa shape index (κ2) is 6.35. The fourth-order valence-electron chi connectivity index (χ4n) is 2.46. The van der Waals surface area contributed by atoms with Crippen LogP contribution in [0.15, 0.2) is 24.3 Å². The van der Waals surface area contributed by atoms with Crippen molar-refractivity contribution in [3.05, 3.63) is 35.4 Å². The molecule has 0 saturated carbocycles. The van der Waals surface area contributed by atoms with Crippen LogP contribution in [-0.2, 0) is 17.6 Å². The van der Waals surface area contributed by atoms with Crippen molar-refractivity contribution >= 4 is 0 Å². The molecule has 2 heteroatoms. The molecule has 2 nitrogen and oxygen atoms in total. The third-order valence-corrected chi connectivity index (χ3v) is 3.40. The van der Waals surface area contributed by atoms with Gasteiger partial charge >= 0.3 is 0 Å². The molecular formula is C16H27NO. The molecule has 1 aromatic rings. The minimum absolute atomic E-state index is 0.0301. The highest BCUT2D eigenvalue weighted by molar-refractivity contribution is 5.23. The molecule has 0 aliphatic carbocycles. The molecule has 0 amide bonds. The van der Waals surface area contributed by atoms with Crippen molar-refractivity contribution in [3.8, 4) is 0 Å². The zero-order chi connectivity index (χ0) is 13.8. The van der Waals surface area contributed by atoms with Crippen LogP contribution in [-0.4, -0.2) is 19.3 Å². The molecule has 0 saturated heterocycles. The molecule has 0 aliphatic heterocycles. The van der Waals surface area contributed by atoms with Gasteiger partial charge in [0.15, 0.2) is 0 Å². The van der Waals surface area contributed by atoms with Crippen molar-refractivity contribution in [1.29, 1.82) is 0 Å². The van der Waals surface area contributed by atoms with E-state index in [4.69, 9.17) is 10.5 Å². The predicted molar refractivity (Wildman–Crippen MR) is 77.8 cm³/mol. The van der Waals surface area contributed by atoms with Crippen LogP contribution in [0.25, 0.3) is 0 Å². The number of rotatable bonds is 5. The Morgan fingerprint density at radius 2 is 1.61 bits per heavy atom. The van der Waals surface area contributed by atoms with Crippen molar-refractivity contribution in [1.82, 2.24) is 0 Å². The molecule has 1 rings (SSSR count). The van der Waals surface area contributed by atoms with Gasteiger partial charge in [-0.05, 0) is 29.4 Å². The first-order valence-electron chi connectivity index (χ1n) is 6.74. The molecule has 0 radical (unpaired) electrons. The molecule has 0 spiro atoms. The zero-order valence-electron chi connectivity index (χ0n) is 12.4. The first-order chi connectivity index (χ1) is 8.38. The van der Waals surface area contributed by atoms with Crippen LogP contribution >= 0.6 is 0 Å². The molecule has 0 bridgehead atoms. The minimum Gasteiger partial charge on any atom is -0.379 e. The lowest BCUT2D eigenvalue weighted by Gasteiger charge is -2.34. The molecule has 0 aromatic heterocycles. The molecule has 18 heavy (non-hydrogen) atoms. The van der Waals surface area contributed by atoms with E-state index in [-0.39, 0.29) is 17.6 Å². The predicted octanol–water partition coefficient (Wildman–Crippen LogP) is 3.18. The molecule has 2 atom stereocenters. The van der Waals surface area contributed by atoms with Gasteiger partial charge in [-0.25, -0.2) is 0 Å². The van der Waals surface area contributed by atoms with Crippen LogP contribution in [0.3, 0.4) is 0 Å². The lowest BCUT2D eigenvalue weighted by molar-refractivity contribution is -0.00165. The summed E-state index contributed by atoms with van der Waals surface area (Å²) >= 11 is 0. The number of ether oxygens (including phenoxy) is 1. The number of aryl methyl sites for hydroxylation is 1. The molecule has 0 aliphatic rings. The normalized spacial score (nSPS) is 15.4. The van der Waals surface area contributed by atoms with Gasteiger partial charge in [-0.1, -0.05) is 52.0 Å². The first-order valence-corrected chi connectivity index (χ1v) is 6.74.